The number of aromatic nitrogens is 2. The molecular formula is C44H28N2. The van der Waals surface area contributed by atoms with Gasteiger partial charge < -0.3 is 0 Å². The van der Waals surface area contributed by atoms with Crippen molar-refractivity contribution in [2.45, 2.75) is 0 Å². The molecule has 0 bridgehead atoms. The summed E-state index contributed by atoms with van der Waals surface area (Å²) in [4.78, 5) is 10.7. The number of hydrogen-bond donors (Lipinski definition) is 0. The molecule has 0 fully saturated rings. The lowest BCUT2D eigenvalue weighted by Crippen LogP contribution is -1.98. The van der Waals surface area contributed by atoms with E-state index < -0.39 is 0 Å². The molecule has 8 aromatic carbocycles. The van der Waals surface area contributed by atoms with Crippen molar-refractivity contribution in [2.24, 2.45) is 0 Å². The Morgan fingerprint density at radius 1 is 0.304 bits per heavy atom. The van der Waals surface area contributed by atoms with Crippen LogP contribution in [0.3, 0.4) is 0 Å². The first-order valence-electron chi connectivity index (χ1n) is 15.7. The summed E-state index contributed by atoms with van der Waals surface area (Å²) in [5.41, 5.74) is 7.32. The van der Waals surface area contributed by atoms with E-state index in [-0.39, 0.29) is 0 Å². The van der Waals surface area contributed by atoms with Crippen molar-refractivity contribution in [3.8, 4) is 45.0 Å². The van der Waals surface area contributed by atoms with Gasteiger partial charge in [-0.2, -0.15) is 0 Å². The van der Waals surface area contributed by atoms with Crippen LogP contribution in [-0.2, 0) is 0 Å². The fraction of sp³-hybridized carbons (Fsp3) is 0. The molecule has 46 heavy (non-hydrogen) atoms. The lowest BCUT2D eigenvalue weighted by molar-refractivity contribution is 1.19. The van der Waals surface area contributed by atoms with E-state index in [2.05, 4.69) is 164 Å². The molecule has 9 aromatic rings. The van der Waals surface area contributed by atoms with E-state index in [1.165, 1.54) is 43.3 Å². The van der Waals surface area contributed by atoms with Gasteiger partial charge in [0.1, 0.15) is 0 Å². The predicted molar refractivity (Wildman–Crippen MR) is 194 cm³/mol. The number of benzene rings is 8. The zero-order chi connectivity index (χ0) is 30.5. The summed E-state index contributed by atoms with van der Waals surface area (Å²) in [6.07, 6.45) is 0. The van der Waals surface area contributed by atoms with Crippen LogP contribution >= 0.6 is 0 Å². The van der Waals surface area contributed by atoms with Gasteiger partial charge in [0, 0.05) is 22.1 Å². The van der Waals surface area contributed by atoms with E-state index in [1.54, 1.807) is 0 Å². The molecule has 0 amide bonds. The molecule has 9 rings (SSSR count). The first-order valence-corrected chi connectivity index (χ1v) is 15.7. The van der Waals surface area contributed by atoms with E-state index in [4.69, 9.17) is 9.97 Å². The number of rotatable bonds is 4. The largest absolute Gasteiger partial charge is 0.228 e. The van der Waals surface area contributed by atoms with Crippen molar-refractivity contribution in [3.63, 3.8) is 0 Å². The normalized spacial score (nSPS) is 11.5. The third kappa shape index (κ3) is 4.51. The summed E-state index contributed by atoms with van der Waals surface area (Å²) in [6, 6.07) is 60.4. The third-order valence-electron chi connectivity index (χ3n) is 9.01. The van der Waals surface area contributed by atoms with Crippen LogP contribution in [0.5, 0.6) is 0 Å². The Hall–Kier alpha value is -6.12. The van der Waals surface area contributed by atoms with Crippen LogP contribution in [0.15, 0.2) is 170 Å². The lowest BCUT2D eigenvalue weighted by atomic mass is 9.92. The molecule has 0 saturated carbocycles. The van der Waals surface area contributed by atoms with Crippen molar-refractivity contribution < 1.29 is 0 Å². The molecule has 0 aliphatic carbocycles. The van der Waals surface area contributed by atoms with Crippen molar-refractivity contribution >= 4 is 43.1 Å². The summed E-state index contributed by atoms with van der Waals surface area (Å²) in [5, 5.41) is 9.56. The Kier molecular flexibility index (Phi) is 6.17. The topological polar surface area (TPSA) is 25.8 Å². The Balaban J connectivity index is 1.32. The van der Waals surface area contributed by atoms with Crippen molar-refractivity contribution in [3.05, 3.63) is 170 Å². The SMILES string of the molecule is c1ccc(-c2cc(-c3cccc(-c4ccc5ccccc5c4)c3)nc(-c3c4ccccc4cc4ccc5ccccc5c34)n2)cc1. The molecule has 0 spiro atoms. The maximum Gasteiger partial charge on any atom is 0.161 e. The van der Waals surface area contributed by atoms with Crippen LogP contribution in [0.4, 0.5) is 0 Å². The number of hydrogen-bond acceptors (Lipinski definition) is 2. The quantitative estimate of drug-likeness (QED) is 0.152. The summed E-state index contributed by atoms with van der Waals surface area (Å²) in [5.74, 6) is 0.727. The average molecular weight is 585 g/mol. The summed E-state index contributed by atoms with van der Waals surface area (Å²) in [6.45, 7) is 0. The molecule has 1 heterocycles. The van der Waals surface area contributed by atoms with E-state index in [0.717, 1.165) is 44.9 Å². The second-order valence-corrected chi connectivity index (χ2v) is 11.8. The van der Waals surface area contributed by atoms with E-state index in [1.807, 2.05) is 6.07 Å². The molecule has 0 atom stereocenters. The molecule has 0 unspecified atom stereocenters. The van der Waals surface area contributed by atoms with Crippen LogP contribution < -0.4 is 0 Å². The molecule has 214 valence electrons. The second kappa shape index (κ2) is 10.8. The highest BCUT2D eigenvalue weighted by molar-refractivity contribution is 6.21. The lowest BCUT2D eigenvalue weighted by Gasteiger charge is -2.16. The van der Waals surface area contributed by atoms with Crippen molar-refractivity contribution in [2.75, 3.05) is 0 Å². The summed E-state index contributed by atoms with van der Waals surface area (Å²) < 4.78 is 0. The van der Waals surface area contributed by atoms with Gasteiger partial charge in [0.25, 0.3) is 0 Å². The van der Waals surface area contributed by atoms with Gasteiger partial charge in [-0.3, -0.25) is 0 Å². The minimum absolute atomic E-state index is 0.727. The highest BCUT2D eigenvalue weighted by Crippen LogP contribution is 2.40. The van der Waals surface area contributed by atoms with Gasteiger partial charge in [-0.25, -0.2) is 9.97 Å². The van der Waals surface area contributed by atoms with E-state index >= 15 is 0 Å². The van der Waals surface area contributed by atoms with Crippen LogP contribution in [-0.4, -0.2) is 9.97 Å². The van der Waals surface area contributed by atoms with Gasteiger partial charge in [0.05, 0.1) is 11.4 Å². The maximum atomic E-state index is 5.38. The fourth-order valence-electron chi connectivity index (χ4n) is 6.76. The molecule has 0 saturated heterocycles. The van der Waals surface area contributed by atoms with Gasteiger partial charge in [0.15, 0.2) is 5.82 Å². The molecule has 0 aliphatic heterocycles. The standard InChI is InChI=1S/C44H28N2/c1-2-13-31(14-3-1)40-28-41(36-18-10-17-33(26-36)34-23-21-29-11-4-5-15-32(29)25-34)46-44(45-40)43-39-20-9-7-16-35(39)27-37-24-22-30-12-6-8-19-38(30)42(37)43/h1-28H. The second-order valence-electron chi connectivity index (χ2n) is 11.8. The first-order chi connectivity index (χ1) is 22.8. The van der Waals surface area contributed by atoms with Crippen molar-refractivity contribution in [1.82, 2.24) is 9.97 Å². The van der Waals surface area contributed by atoms with Crippen molar-refractivity contribution in [1.29, 1.82) is 0 Å². The zero-order valence-electron chi connectivity index (χ0n) is 25.1. The fourth-order valence-corrected chi connectivity index (χ4v) is 6.76. The molecule has 0 aliphatic rings. The van der Waals surface area contributed by atoms with E-state index in [9.17, 15) is 0 Å². The Morgan fingerprint density at radius 2 is 0.891 bits per heavy atom. The molecular weight excluding hydrogens is 556 g/mol. The Morgan fingerprint density at radius 3 is 1.74 bits per heavy atom. The van der Waals surface area contributed by atoms with Gasteiger partial charge in [-0.15, -0.1) is 0 Å². The smallest absolute Gasteiger partial charge is 0.161 e. The molecule has 2 nitrogen and oxygen atoms in total. The number of fused-ring (bicyclic) bond motifs is 5. The number of nitrogens with zero attached hydrogens (tertiary/aromatic N) is 2. The summed E-state index contributed by atoms with van der Waals surface area (Å²) in [7, 11) is 0. The monoisotopic (exact) mass is 584 g/mol. The van der Waals surface area contributed by atoms with Gasteiger partial charge in [0.2, 0.25) is 0 Å². The van der Waals surface area contributed by atoms with Crippen LogP contribution in [0, 0.1) is 0 Å². The molecule has 0 radical (unpaired) electrons. The molecule has 2 heteroatoms. The van der Waals surface area contributed by atoms with Crippen LogP contribution in [0.2, 0.25) is 0 Å². The summed E-state index contributed by atoms with van der Waals surface area (Å²) >= 11 is 0. The molecule has 0 N–H and O–H groups in total. The third-order valence-corrected chi connectivity index (χ3v) is 9.01. The highest BCUT2D eigenvalue weighted by Gasteiger charge is 2.18. The first kappa shape index (κ1) is 26.3. The highest BCUT2D eigenvalue weighted by atomic mass is 14.9. The van der Waals surface area contributed by atoms with E-state index in [0.29, 0.717) is 0 Å². The minimum atomic E-state index is 0.727. The van der Waals surface area contributed by atoms with Gasteiger partial charge in [-0.05, 0) is 73.1 Å². The maximum absolute atomic E-state index is 5.38. The van der Waals surface area contributed by atoms with Gasteiger partial charge in [-0.1, -0.05) is 146 Å². The van der Waals surface area contributed by atoms with Gasteiger partial charge >= 0.3 is 0 Å². The van der Waals surface area contributed by atoms with Crippen LogP contribution in [0.1, 0.15) is 0 Å². The Labute approximate surface area is 267 Å². The van der Waals surface area contributed by atoms with Crippen LogP contribution in [0.25, 0.3) is 88.1 Å². The predicted octanol–water partition coefficient (Wildman–Crippen LogP) is 11.8. The Bertz CT molecular complexity index is 2580. The minimum Gasteiger partial charge on any atom is -0.228 e. The molecule has 1 aromatic heterocycles. The average Bonchev–Trinajstić information content (AvgIpc) is 3.14. The zero-order valence-corrected chi connectivity index (χ0v) is 25.1.